The highest BCUT2D eigenvalue weighted by atomic mass is 35.5. The molecule has 2 rings (SSSR count). The van der Waals surface area contributed by atoms with Crippen molar-refractivity contribution in [1.82, 2.24) is 0 Å². The molecule has 1 heterocycles. The summed E-state index contributed by atoms with van der Waals surface area (Å²) in [4.78, 5) is 12.7. The van der Waals surface area contributed by atoms with Crippen LogP contribution in [0.15, 0.2) is 24.3 Å². The van der Waals surface area contributed by atoms with Crippen molar-refractivity contribution in [1.29, 1.82) is 0 Å². The molecule has 1 fully saturated rings. The molecule has 2 N–H and O–H groups in total. The summed E-state index contributed by atoms with van der Waals surface area (Å²) < 4.78 is 23.9. The number of rotatable bonds is 2. The summed E-state index contributed by atoms with van der Waals surface area (Å²) in [5, 5.41) is 0. The van der Waals surface area contributed by atoms with Gasteiger partial charge < -0.3 is 9.64 Å². The molecule has 0 atom stereocenters. The third-order valence-electron chi connectivity index (χ3n) is 2.76. The molecule has 5 nitrogen and oxygen atoms in total. The standard InChI is InChI=1S/C11H14ClNO4S/c12-11(14)17-10-3-1-2-9(8-10)13-4-6-18(15,16)7-5-13/h1-3,8,15-16H,4-7H2. The van der Waals surface area contributed by atoms with E-state index in [4.69, 9.17) is 16.3 Å². The average Bonchev–Trinajstić information content (AvgIpc) is 2.28. The number of carbonyl (C=O) groups excluding carboxylic acids is 1. The highest BCUT2D eigenvalue weighted by molar-refractivity contribution is 8.24. The number of ether oxygens (including phenoxy) is 1. The number of hydrogen-bond donors (Lipinski definition) is 2. The molecular formula is C11H14ClNO4S. The van der Waals surface area contributed by atoms with Crippen molar-refractivity contribution in [3.8, 4) is 5.75 Å². The molecule has 18 heavy (non-hydrogen) atoms. The fourth-order valence-electron chi connectivity index (χ4n) is 1.82. The molecule has 1 aliphatic rings. The predicted octanol–water partition coefficient (Wildman–Crippen LogP) is 2.99. The van der Waals surface area contributed by atoms with Gasteiger partial charge in [0.2, 0.25) is 0 Å². The van der Waals surface area contributed by atoms with E-state index in [1.54, 1.807) is 18.2 Å². The molecule has 0 aliphatic carbocycles. The summed E-state index contributed by atoms with van der Waals surface area (Å²) >= 11 is 5.15. The summed E-state index contributed by atoms with van der Waals surface area (Å²) in [7, 11) is -2.40. The minimum Gasteiger partial charge on any atom is -0.414 e. The Balaban J connectivity index is 2.07. The Labute approximate surface area is 112 Å². The number of carbonyl (C=O) groups is 1. The molecule has 100 valence electrons. The lowest BCUT2D eigenvalue weighted by molar-refractivity contribution is 0.225. The Morgan fingerprint density at radius 3 is 2.61 bits per heavy atom. The van der Waals surface area contributed by atoms with Crippen molar-refractivity contribution in [2.75, 3.05) is 29.5 Å². The van der Waals surface area contributed by atoms with E-state index in [-0.39, 0.29) is 0 Å². The van der Waals surface area contributed by atoms with Gasteiger partial charge in [0.05, 0.1) is 11.5 Å². The third-order valence-corrected chi connectivity index (χ3v) is 4.51. The van der Waals surface area contributed by atoms with Gasteiger partial charge in [-0.25, -0.2) is 4.79 Å². The van der Waals surface area contributed by atoms with E-state index in [2.05, 4.69) is 0 Å². The number of hydrogen-bond acceptors (Lipinski definition) is 5. The normalized spacial score (nSPS) is 20.3. The largest absolute Gasteiger partial charge is 0.414 e. The highest BCUT2D eigenvalue weighted by Crippen LogP contribution is 2.41. The van der Waals surface area contributed by atoms with Gasteiger partial charge in [-0.2, -0.15) is 10.6 Å². The molecular weight excluding hydrogens is 278 g/mol. The molecule has 1 aliphatic heterocycles. The van der Waals surface area contributed by atoms with Crippen LogP contribution in [-0.4, -0.2) is 39.1 Å². The predicted molar refractivity (Wildman–Crippen MR) is 73.1 cm³/mol. The van der Waals surface area contributed by atoms with E-state index in [9.17, 15) is 13.9 Å². The van der Waals surface area contributed by atoms with Crippen LogP contribution in [0.3, 0.4) is 0 Å². The molecule has 7 heteroatoms. The smallest absolute Gasteiger partial charge is 0.409 e. The molecule has 0 saturated carbocycles. The van der Waals surface area contributed by atoms with E-state index < -0.39 is 16.0 Å². The number of benzene rings is 1. The SMILES string of the molecule is O=C(Cl)Oc1cccc(N2CCS(O)(O)CC2)c1. The van der Waals surface area contributed by atoms with Gasteiger partial charge in [0.15, 0.2) is 0 Å². The zero-order chi connectivity index (χ0) is 13.2. The first-order chi connectivity index (χ1) is 8.46. The molecule has 1 aromatic carbocycles. The summed E-state index contributed by atoms with van der Waals surface area (Å²) in [5.41, 5.74) is 0.000267. The maximum Gasteiger partial charge on any atom is 0.409 e. The van der Waals surface area contributed by atoms with E-state index in [0.29, 0.717) is 30.3 Å². The Morgan fingerprint density at radius 1 is 1.33 bits per heavy atom. The second-order valence-electron chi connectivity index (χ2n) is 4.03. The zero-order valence-electron chi connectivity index (χ0n) is 9.58. The minimum absolute atomic E-state index is 0.368. The van der Waals surface area contributed by atoms with Gasteiger partial charge in [-0.1, -0.05) is 6.07 Å². The number of nitrogens with zero attached hydrogens (tertiary/aromatic N) is 1. The number of anilines is 1. The molecule has 0 unspecified atom stereocenters. The van der Waals surface area contributed by atoms with Crippen LogP contribution in [0.5, 0.6) is 5.75 Å². The third kappa shape index (κ3) is 3.52. The van der Waals surface area contributed by atoms with Gasteiger partial charge in [0.1, 0.15) is 5.75 Å². The summed E-state index contributed by atoms with van der Waals surface area (Å²) in [6, 6.07) is 6.98. The highest BCUT2D eigenvalue weighted by Gasteiger charge is 2.22. The van der Waals surface area contributed by atoms with Crippen LogP contribution in [0.4, 0.5) is 10.5 Å². The second kappa shape index (κ2) is 5.36. The Hall–Kier alpha value is -0.950. The van der Waals surface area contributed by atoms with E-state index in [1.165, 1.54) is 0 Å². The lowest BCUT2D eigenvalue weighted by atomic mass is 10.2. The van der Waals surface area contributed by atoms with Crippen LogP contribution in [0, 0.1) is 0 Å². The van der Waals surface area contributed by atoms with Crippen LogP contribution in [0.1, 0.15) is 0 Å². The molecule has 0 radical (unpaired) electrons. The summed E-state index contributed by atoms with van der Waals surface area (Å²) in [5.74, 6) is 1.11. The first-order valence-electron chi connectivity index (χ1n) is 5.42. The van der Waals surface area contributed by atoms with Gasteiger partial charge in [0.25, 0.3) is 0 Å². The van der Waals surface area contributed by atoms with Gasteiger partial charge >= 0.3 is 5.43 Å². The quantitative estimate of drug-likeness (QED) is 0.820. The van der Waals surface area contributed by atoms with E-state index in [1.807, 2.05) is 11.0 Å². The summed E-state index contributed by atoms with van der Waals surface area (Å²) in [6.07, 6.45) is 0. The first kappa shape index (κ1) is 13.5. The van der Waals surface area contributed by atoms with E-state index in [0.717, 1.165) is 5.69 Å². The van der Waals surface area contributed by atoms with Crippen molar-refractivity contribution in [2.45, 2.75) is 0 Å². The average molecular weight is 292 g/mol. The monoisotopic (exact) mass is 291 g/mol. The first-order valence-corrected chi connectivity index (χ1v) is 7.68. The maximum atomic E-state index is 10.7. The van der Waals surface area contributed by atoms with Crippen LogP contribution in [0.25, 0.3) is 0 Å². The van der Waals surface area contributed by atoms with Crippen LogP contribution in [-0.2, 0) is 0 Å². The molecule has 0 spiro atoms. The topological polar surface area (TPSA) is 70.0 Å². The van der Waals surface area contributed by atoms with Gasteiger partial charge in [-0.15, -0.1) is 0 Å². The van der Waals surface area contributed by atoms with Crippen molar-refractivity contribution < 1.29 is 18.6 Å². The lowest BCUT2D eigenvalue weighted by Crippen LogP contribution is -2.38. The van der Waals surface area contributed by atoms with Crippen LogP contribution < -0.4 is 9.64 Å². The van der Waals surface area contributed by atoms with Crippen LogP contribution >= 0.6 is 22.2 Å². The minimum atomic E-state index is -2.40. The molecule has 1 saturated heterocycles. The van der Waals surface area contributed by atoms with E-state index >= 15 is 0 Å². The number of halogens is 1. The van der Waals surface area contributed by atoms with Crippen LogP contribution in [0.2, 0.25) is 0 Å². The van der Waals surface area contributed by atoms with Gasteiger partial charge in [-0.3, -0.25) is 9.11 Å². The van der Waals surface area contributed by atoms with Crippen molar-refractivity contribution in [3.05, 3.63) is 24.3 Å². The summed E-state index contributed by atoms with van der Waals surface area (Å²) in [6.45, 7) is 1.14. The Bertz CT molecular complexity index is 444. The maximum absolute atomic E-state index is 10.7. The Morgan fingerprint density at radius 2 is 2.00 bits per heavy atom. The fraction of sp³-hybridized carbons (Fsp3) is 0.364. The van der Waals surface area contributed by atoms with Gasteiger partial charge in [-0.05, 0) is 12.1 Å². The van der Waals surface area contributed by atoms with Crippen molar-refractivity contribution >= 4 is 33.3 Å². The van der Waals surface area contributed by atoms with Crippen molar-refractivity contribution in [2.24, 2.45) is 0 Å². The fourth-order valence-corrected chi connectivity index (χ4v) is 3.14. The second-order valence-corrected chi connectivity index (χ2v) is 6.76. The lowest BCUT2D eigenvalue weighted by Gasteiger charge is -2.41. The Kier molecular flexibility index (Phi) is 4.01. The van der Waals surface area contributed by atoms with Gasteiger partial charge in [0, 0.05) is 36.4 Å². The zero-order valence-corrected chi connectivity index (χ0v) is 11.2. The molecule has 0 amide bonds. The molecule has 1 aromatic rings. The van der Waals surface area contributed by atoms with Crippen molar-refractivity contribution in [3.63, 3.8) is 0 Å². The molecule has 0 aromatic heterocycles. The molecule has 0 bridgehead atoms.